The van der Waals surface area contributed by atoms with Gasteiger partial charge in [-0.3, -0.25) is 4.79 Å². The normalized spacial score (nSPS) is 14.7. The summed E-state index contributed by atoms with van der Waals surface area (Å²) in [6.07, 6.45) is 1.69. The number of hydrogen-bond donors (Lipinski definition) is 1. The van der Waals surface area contributed by atoms with Crippen LogP contribution in [0.15, 0.2) is 42.6 Å². The van der Waals surface area contributed by atoms with Gasteiger partial charge in [0, 0.05) is 18.7 Å². The van der Waals surface area contributed by atoms with E-state index in [9.17, 15) is 4.79 Å². The van der Waals surface area contributed by atoms with E-state index in [4.69, 9.17) is 4.74 Å². The summed E-state index contributed by atoms with van der Waals surface area (Å²) in [6, 6.07) is 11.3. The van der Waals surface area contributed by atoms with Crippen molar-refractivity contribution in [2.45, 2.75) is 6.92 Å². The van der Waals surface area contributed by atoms with Gasteiger partial charge in [0.25, 0.3) is 5.91 Å². The standard InChI is InChI=1S/C17H19N3O2/c1-13-3-2-4-14(11-13)17(21)19-15-5-6-16(18-12-15)20-7-9-22-10-8-20/h2-6,11-12H,7-10H2,1H3,(H,19,21). The minimum absolute atomic E-state index is 0.121. The quantitative estimate of drug-likeness (QED) is 0.945. The number of ether oxygens (including phenoxy) is 1. The van der Waals surface area contributed by atoms with Gasteiger partial charge in [-0.05, 0) is 31.2 Å². The fraction of sp³-hybridized carbons (Fsp3) is 0.294. The Morgan fingerprint density at radius 3 is 2.73 bits per heavy atom. The van der Waals surface area contributed by atoms with E-state index >= 15 is 0 Å². The summed E-state index contributed by atoms with van der Waals surface area (Å²) in [5, 5.41) is 2.87. The first-order valence-corrected chi connectivity index (χ1v) is 7.39. The van der Waals surface area contributed by atoms with Crippen LogP contribution in [-0.2, 0) is 4.74 Å². The summed E-state index contributed by atoms with van der Waals surface area (Å²) >= 11 is 0. The molecule has 114 valence electrons. The zero-order valence-electron chi connectivity index (χ0n) is 12.6. The molecule has 1 saturated heterocycles. The van der Waals surface area contributed by atoms with Crippen molar-refractivity contribution in [3.63, 3.8) is 0 Å². The summed E-state index contributed by atoms with van der Waals surface area (Å²) in [7, 11) is 0. The Morgan fingerprint density at radius 2 is 2.05 bits per heavy atom. The Hall–Kier alpha value is -2.40. The van der Waals surface area contributed by atoms with Crippen LogP contribution in [0.5, 0.6) is 0 Å². The van der Waals surface area contributed by atoms with Gasteiger partial charge in [0.2, 0.25) is 0 Å². The molecule has 2 aromatic rings. The lowest BCUT2D eigenvalue weighted by atomic mass is 10.1. The Bertz CT molecular complexity index is 649. The largest absolute Gasteiger partial charge is 0.378 e. The summed E-state index contributed by atoms with van der Waals surface area (Å²) in [5.41, 5.74) is 2.41. The van der Waals surface area contributed by atoms with E-state index in [1.807, 2.05) is 37.3 Å². The average Bonchev–Trinajstić information content (AvgIpc) is 2.56. The molecule has 0 saturated carbocycles. The van der Waals surface area contributed by atoms with Gasteiger partial charge in [0.15, 0.2) is 0 Å². The highest BCUT2D eigenvalue weighted by atomic mass is 16.5. The van der Waals surface area contributed by atoms with Crippen LogP contribution in [0.1, 0.15) is 15.9 Å². The fourth-order valence-electron chi connectivity index (χ4n) is 2.43. The molecule has 1 aliphatic rings. The van der Waals surface area contributed by atoms with Crippen LogP contribution in [0.25, 0.3) is 0 Å². The van der Waals surface area contributed by atoms with E-state index in [1.54, 1.807) is 12.3 Å². The number of anilines is 2. The Labute approximate surface area is 129 Å². The van der Waals surface area contributed by atoms with Crippen molar-refractivity contribution in [3.05, 3.63) is 53.7 Å². The van der Waals surface area contributed by atoms with Crippen molar-refractivity contribution < 1.29 is 9.53 Å². The van der Waals surface area contributed by atoms with Gasteiger partial charge in [0.05, 0.1) is 25.1 Å². The third-order valence-corrected chi connectivity index (χ3v) is 3.62. The lowest BCUT2D eigenvalue weighted by Gasteiger charge is -2.27. The molecule has 2 heterocycles. The van der Waals surface area contributed by atoms with Crippen molar-refractivity contribution >= 4 is 17.4 Å². The number of pyridine rings is 1. The highest BCUT2D eigenvalue weighted by Gasteiger charge is 2.12. The first kappa shape index (κ1) is 14.5. The molecular weight excluding hydrogens is 278 g/mol. The maximum Gasteiger partial charge on any atom is 0.255 e. The predicted molar refractivity (Wildman–Crippen MR) is 86.4 cm³/mol. The number of aryl methyl sites for hydroxylation is 1. The van der Waals surface area contributed by atoms with Gasteiger partial charge in [-0.2, -0.15) is 0 Å². The number of nitrogens with zero attached hydrogens (tertiary/aromatic N) is 2. The third-order valence-electron chi connectivity index (χ3n) is 3.62. The maximum absolute atomic E-state index is 12.2. The fourth-order valence-corrected chi connectivity index (χ4v) is 2.43. The molecule has 1 aromatic heterocycles. The van der Waals surface area contributed by atoms with Crippen LogP contribution < -0.4 is 10.2 Å². The highest BCUT2D eigenvalue weighted by Crippen LogP contribution is 2.16. The molecule has 3 rings (SSSR count). The average molecular weight is 297 g/mol. The summed E-state index contributed by atoms with van der Waals surface area (Å²) in [6.45, 7) is 5.13. The lowest BCUT2D eigenvalue weighted by Crippen LogP contribution is -2.36. The van der Waals surface area contributed by atoms with Crippen molar-refractivity contribution in [1.82, 2.24) is 4.98 Å². The summed E-state index contributed by atoms with van der Waals surface area (Å²) in [4.78, 5) is 18.8. The topological polar surface area (TPSA) is 54.5 Å². The molecule has 0 spiro atoms. The number of carbonyl (C=O) groups excluding carboxylic acids is 1. The second-order valence-corrected chi connectivity index (χ2v) is 5.33. The number of aromatic nitrogens is 1. The monoisotopic (exact) mass is 297 g/mol. The molecule has 1 amide bonds. The smallest absolute Gasteiger partial charge is 0.255 e. The lowest BCUT2D eigenvalue weighted by molar-refractivity contribution is 0.102. The predicted octanol–water partition coefficient (Wildman–Crippen LogP) is 2.48. The zero-order valence-corrected chi connectivity index (χ0v) is 12.6. The zero-order chi connectivity index (χ0) is 15.4. The molecule has 5 nitrogen and oxygen atoms in total. The molecule has 1 aliphatic heterocycles. The second kappa shape index (κ2) is 6.58. The molecule has 1 N–H and O–H groups in total. The minimum atomic E-state index is -0.121. The van der Waals surface area contributed by atoms with Crippen LogP contribution in [0.3, 0.4) is 0 Å². The molecule has 0 bridgehead atoms. The van der Waals surface area contributed by atoms with Crippen molar-refractivity contribution in [2.24, 2.45) is 0 Å². The van der Waals surface area contributed by atoms with Crippen LogP contribution in [0.2, 0.25) is 0 Å². The van der Waals surface area contributed by atoms with Crippen molar-refractivity contribution in [2.75, 3.05) is 36.5 Å². The first-order chi connectivity index (χ1) is 10.7. The number of morpholine rings is 1. The van der Waals surface area contributed by atoms with Crippen molar-refractivity contribution in [1.29, 1.82) is 0 Å². The number of amides is 1. The van der Waals surface area contributed by atoms with E-state index in [-0.39, 0.29) is 5.91 Å². The van der Waals surface area contributed by atoms with Crippen LogP contribution in [-0.4, -0.2) is 37.2 Å². The molecular formula is C17H19N3O2. The maximum atomic E-state index is 12.2. The van der Waals surface area contributed by atoms with Crippen LogP contribution in [0, 0.1) is 6.92 Å². The van der Waals surface area contributed by atoms with Gasteiger partial charge in [-0.25, -0.2) is 4.98 Å². The molecule has 22 heavy (non-hydrogen) atoms. The molecule has 1 fully saturated rings. The van der Waals surface area contributed by atoms with Gasteiger partial charge < -0.3 is 15.0 Å². The van der Waals surface area contributed by atoms with Gasteiger partial charge in [0.1, 0.15) is 5.82 Å². The van der Waals surface area contributed by atoms with Crippen LogP contribution >= 0.6 is 0 Å². The van der Waals surface area contributed by atoms with Gasteiger partial charge in [-0.1, -0.05) is 17.7 Å². The third kappa shape index (κ3) is 3.43. The summed E-state index contributed by atoms with van der Waals surface area (Å²) < 4.78 is 5.33. The Kier molecular flexibility index (Phi) is 4.34. The second-order valence-electron chi connectivity index (χ2n) is 5.33. The van der Waals surface area contributed by atoms with Crippen molar-refractivity contribution in [3.8, 4) is 0 Å². The molecule has 0 aliphatic carbocycles. The van der Waals surface area contributed by atoms with Gasteiger partial charge in [-0.15, -0.1) is 0 Å². The van der Waals surface area contributed by atoms with E-state index in [0.717, 1.165) is 37.7 Å². The minimum Gasteiger partial charge on any atom is -0.378 e. The van der Waals surface area contributed by atoms with E-state index in [1.165, 1.54) is 0 Å². The number of rotatable bonds is 3. The molecule has 5 heteroatoms. The van der Waals surface area contributed by atoms with E-state index in [2.05, 4.69) is 15.2 Å². The number of carbonyl (C=O) groups is 1. The first-order valence-electron chi connectivity index (χ1n) is 7.39. The molecule has 0 atom stereocenters. The molecule has 1 aromatic carbocycles. The highest BCUT2D eigenvalue weighted by molar-refractivity contribution is 6.04. The van der Waals surface area contributed by atoms with Gasteiger partial charge >= 0.3 is 0 Å². The molecule has 0 unspecified atom stereocenters. The Balaban J connectivity index is 1.66. The number of hydrogen-bond acceptors (Lipinski definition) is 4. The number of benzene rings is 1. The van der Waals surface area contributed by atoms with E-state index in [0.29, 0.717) is 11.3 Å². The van der Waals surface area contributed by atoms with E-state index < -0.39 is 0 Å². The SMILES string of the molecule is Cc1cccc(C(=O)Nc2ccc(N3CCOCC3)nc2)c1. The Morgan fingerprint density at radius 1 is 1.23 bits per heavy atom. The molecule has 0 radical (unpaired) electrons. The van der Waals surface area contributed by atoms with Crippen LogP contribution in [0.4, 0.5) is 11.5 Å². The summed E-state index contributed by atoms with van der Waals surface area (Å²) in [5.74, 6) is 0.793. The number of nitrogens with one attached hydrogen (secondary N) is 1.